The van der Waals surface area contributed by atoms with Gasteiger partial charge in [0.1, 0.15) is 0 Å². The van der Waals surface area contributed by atoms with Gasteiger partial charge >= 0.3 is 0 Å². The van der Waals surface area contributed by atoms with Crippen molar-refractivity contribution in [1.29, 1.82) is 0 Å². The van der Waals surface area contributed by atoms with Crippen LogP contribution in [0.4, 0.5) is 8.78 Å². The van der Waals surface area contributed by atoms with Crippen LogP contribution >= 0.6 is 0 Å². The molecule has 0 amide bonds. The van der Waals surface area contributed by atoms with Gasteiger partial charge in [0.25, 0.3) is 6.43 Å². The van der Waals surface area contributed by atoms with E-state index in [4.69, 9.17) is 9.47 Å². The van der Waals surface area contributed by atoms with Crippen molar-refractivity contribution in [2.75, 3.05) is 27.8 Å². The first-order valence-corrected chi connectivity index (χ1v) is 5.31. The number of methoxy groups -OCH3 is 2. The normalized spacial score (nSPS) is 10.7. The fourth-order valence-corrected chi connectivity index (χ4v) is 1.63. The van der Waals surface area contributed by atoms with Crippen LogP contribution in [0.2, 0.25) is 0 Å². The first-order valence-electron chi connectivity index (χ1n) is 5.31. The van der Waals surface area contributed by atoms with Crippen molar-refractivity contribution in [3.05, 3.63) is 23.3 Å². The molecule has 5 heteroatoms. The number of rotatable bonds is 6. The SMILES string of the molecule is CNCCc1cc(OC)c(OC)c(C(F)F)c1. The lowest BCUT2D eigenvalue weighted by Gasteiger charge is -2.14. The molecule has 0 aliphatic rings. The molecule has 0 heterocycles. The van der Waals surface area contributed by atoms with Crippen LogP contribution in [0.3, 0.4) is 0 Å². The maximum absolute atomic E-state index is 12.9. The van der Waals surface area contributed by atoms with Gasteiger partial charge in [0, 0.05) is 0 Å². The maximum atomic E-state index is 12.9. The standard InChI is InChI=1S/C12H17F2NO2/c1-15-5-4-8-6-9(12(13)14)11(17-3)10(7-8)16-2/h6-7,12,15H,4-5H2,1-3H3. The summed E-state index contributed by atoms with van der Waals surface area (Å²) in [5.41, 5.74) is 0.672. The monoisotopic (exact) mass is 245 g/mol. The molecular formula is C12H17F2NO2. The summed E-state index contributed by atoms with van der Waals surface area (Å²) in [6, 6.07) is 3.19. The van der Waals surface area contributed by atoms with Gasteiger partial charge in [-0.3, -0.25) is 0 Å². The average Bonchev–Trinajstić information content (AvgIpc) is 2.34. The number of hydrogen-bond acceptors (Lipinski definition) is 3. The first kappa shape index (κ1) is 13.7. The molecule has 1 aromatic rings. The highest BCUT2D eigenvalue weighted by Crippen LogP contribution is 2.38. The van der Waals surface area contributed by atoms with Gasteiger partial charge in [0.05, 0.1) is 19.8 Å². The molecule has 0 aromatic heterocycles. The van der Waals surface area contributed by atoms with E-state index in [1.54, 1.807) is 6.07 Å². The summed E-state index contributed by atoms with van der Waals surface area (Å²) >= 11 is 0. The third kappa shape index (κ3) is 3.30. The van der Waals surface area contributed by atoms with E-state index in [2.05, 4.69) is 5.32 Å². The van der Waals surface area contributed by atoms with Crippen LogP contribution < -0.4 is 14.8 Å². The molecule has 0 aliphatic carbocycles. The van der Waals surface area contributed by atoms with Gasteiger partial charge in [-0.15, -0.1) is 0 Å². The maximum Gasteiger partial charge on any atom is 0.267 e. The highest BCUT2D eigenvalue weighted by atomic mass is 19.3. The Balaban J connectivity index is 3.15. The summed E-state index contributed by atoms with van der Waals surface area (Å²) in [5, 5.41) is 2.97. The fraction of sp³-hybridized carbons (Fsp3) is 0.500. The molecule has 3 nitrogen and oxygen atoms in total. The van der Waals surface area contributed by atoms with Crippen LogP contribution in [0.5, 0.6) is 11.5 Å². The lowest BCUT2D eigenvalue weighted by molar-refractivity contribution is 0.146. The Kier molecular flexibility index (Phi) is 5.15. The van der Waals surface area contributed by atoms with Crippen LogP contribution in [0.25, 0.3) is 0 Å². The van der Waals surface area contributed by atoms with E-state index in [9.17, 15) is 8.78 Å². The van der Waals surface area contributed by atoms with Crippen molar-refractivity contribution in [3.63, 3.8) is 0 Å². The van der Waals surface area contributed by atoms with Crippen molar-refractivity contribution >= 4 is 0 Å². The van der Waals surface area contributed by atoms with Crippen molar-refractivity contribution in [2.45, 2.75) is 12.8 Å². The Hall–Kier alpha value is -1.36. The van der Waals surface area contributed by atoms with Gasteiger partial charge < -0.3 is 14.8 Å². The van der Waals surface area contributed by atoms with Crippen molar-refractivity contribution < 1.29 is 18.3 Å². The van der Waals surface area contributed by atoms with Crippen LogP contribution in [-0.2, 0) is 6.42 Å². The van der Waals surface area contributed by atoms with E-state index in [0.717, 1.165) is 12.1 Å². The second-order valence-electron chi connectivity index (χ2n) is 3.57. The Labute approximate surface area is 99.7 Å². The Morgan fingerprint density at radius 1 is 1.24 bits per heavy atom. The summed E-state index contributed by atoms with van der Waals surface area (Å²) in [5.74, 6) is 0.451. The van der Waals surface area contributed by atoms with E-state index in [1.165, 1.54) is 20.3 Å². The molecule has 0 bridgehead atoms. The number of halogens is 2. The summed E-state index contributed by atoms with van der Waals surface area (Å²) in [4.78, 5) is 0. The van der Waals surface area contributed by atoms with Gasteiger partial charge in [-0.25, -0.2) is 8.78 Å². The quantitative estimate of drug-likeness (QED) is 0.834. The zero-order valence-corrected chi connectivity index (χ0v) is 10.2. The average molecular weight is 245 g/mol. The second-order valence-corrected chi connectivity index (χ2v) is 3.57. The molecular weight excluding hydrogens is 228 g/mol. The van der Waals surface area contributed by atoms with Gasteiger partial charge in [-0.2, -0.15) is 0 Å². The molecule has 17 heavy (non-hydrogen) atoms. The van der Waals surface area contributed by atoms with Crippen molar-refractivity contribution in [2.24, 2.45) is 0 Å². The third-order valence-electron chi connectivity index (χ3n) is 2.47. The van der Waals surface area contributed by atoms with Crippen molar-refractivity contribution in [3.8, 4) is 11.5 Å². The van der Waals surface area contributed by atoms with Gasteiger partial charge in [0.15, 0.2) is 11.5 Å². The first-order chi connectivity index (χ1) is 8.13. The largest absolute Gasteiger partial charge is 0.493 e. The molecule has 0 saturated heterocycles. The highest BCUT2D eigenvalue weighted by Gasteiger charge is 2.19. The number of benzene rings is 1. The van der Waals surface area contributed by atoms with Crippen LogP contribution in [0.15, 0.2) is 12.1 Å². The van der Waals surface area contributed by atoms with Crippen LogP contribution in [-0.4, -0.2) is 27.8 Å². The lowest BCUT2D eigenvalue weighted by atomic mass is 10.1. The number of ether oxygens (including phenoxy) is 2. The molecule has 1 aromatic carbocycles. The highest BCUT2D eigenvalue weighted by molar-refractivity contribution is 5.50. The molecule has 0 aliphatic heterocycles. The molecule has 0 unspecified atom stereocenters. The number of alkyl halides is 2. The summed E-state index contributed by atoms with van der Waals surface area (Å²) < 4.78 is 35.8. The summed E-state index contributed by atoms with van der Waals surface area (Å²) in [6.07, 6.45) is -1.91. The molecule has 96 valence electrons. The lowest BCUT2D eigenvalue weighted by Crippen LogP contribution is -2.11. The van der Waals surface area contributed by atoms with E-state index in [1.807, 2.05) is 7.05 Å². The minimum atomic E-state index is -2.58. The summed E-state index contributed by atoms with van der Waals surface area (Å²) in [6.45, 7) is 0.720. The zero-order valence-electron chi connectivity index (χ0n) is 10.2. The van der Waals surface area contributed by atoms with E-state index >= 15 is 0 Å². The third-order valence-corrected chi connectivity index (χ3v) is 2.47. The smallest absolute Gasteiger partial charge is 0.267 e. The van der Waals surface area contributed by atoms with E-state index in [-0.39, 0.29) is 11.3 Å². The molecule has 0 saturated carbocycles. The molecule has 0 radical (unpaired) electrons. The van der Waals surface area contributed by atoms with Gasteiger partial charge in [0.2, 0.25) is 0 Å². The molecule has 1 N–H and O–H groups in total. The number of nitrogens with one attached hydrogen (secondary N) is 1. The van der Waals surface area contributed by atoms with Crippen LogP contribution in [0, 0.1) is 0 Å². The Morgan fingerprint density at radius 2 is 1.94 bits per heavy atom. The van der Waals surface area contributed by atoms with E-state index < -0.39 is 6.43 Å². The van der Waals surface area contributed by atoms with Gasteiger partial charge in [-0.1, -0.05) is 0 Å². The predicted molar refractivity (Wildman–Crippen MR) is 62.1 cm³/mol. The molecule has 1 rings (SSSR count). The predicted octanol–water partition coefficient (Wildman–Crippen LogP) is 2.40. The minimum absolute atomic E-state index is 0.107. The van der Waals surface area contributed by atoms with Crippen molar-refractivity contribution in [1.82, 2.24) is 5.32 Å². The number of hydrogen-bond donors (Lipinski definition) is 1. The van der Waals surface area contributed by atoms with E-state index in [0.29, 0.717) is 12.2 Å². The number of likely N-dealkylation sites (N-methyl/N-ethyl adjacent to an activating group) is 1. The molecule has 0 spiro atoms. The molecule has 0 atom stereocenters. The second kappa shape index (κ2) is 6.39. The summed E-state index contributed by atoms with van der Waals surface area (Å²) in [7, 11) is 4.61. The Bertz CT molecular complexity index is 370. The minimum Gasteiger partial charge on any atom is -0.493 e. The Morgan fingerprint density at radius 3 is 2.41 bits per heavy atom. The van der Waals surface area contributed by atoms with Gasteiger partial charge in [-0.05, 0) is 37.7 Å². The van der Waals surface area contributed by atoms with Crippen LogP contribution in [0.1, 0.15) is 17.6 Å². The zero-order chi connectivity index (χ0) is 12.8. The fourth-order valence-electron chi connectivity index (χ4n) is 1.63. The molecule has 0 fully saturated rings. The topological polar surface area (TPSA) is 30.5 Å².